The largest absolute Gasteiger partial charge is 0.481 e. The van der Waals surface area contributed by atoms with E-state index in [0.717, 1.165) is 12.1 Å². The van der Waals surface area contributed by atoms with Gasteiger partial charge in [0.15, 0.2) is 0 Å². The fourth-order valence-electron chi connectivity index (χ4n) is 5.12. The number of nitrogen functional groups attached to an aromatic ring is 1. The lowest BCUT2D eigenvalue weighted by molar-refractivity contribution is -0.148. The minimum atomic E-state index is -4.53. The number of carboxylic acids is 1. The van der Waals surface area contributed by atoms with Crippen LogP contribution < -0.4 is 5.73 Å². The SMILES string of the molecule is CC(C)(CC(C)(C)c1nc(-c2ccc([C@@](C)(O)c3cccc(C(F)(F)F)c3)cc2)c2c(N)nccn12)C(=O)O. The van der Waals surface area contributed by atoms with Crippen LogP contribution in [-0.2, 0) is 22.0 Å². The zero-order valence-electron chi connectivity index (χ0n) is 22.3. The minimum Gasteiger partial charge on any atom is -0.481 e. The average Bonchev–Trinajstić information content (AvgIpc) is 3.25. The third-order valence-corrected chi connectivity index (χ3v) is 7.12. The summed E-state index contributed by atoms with van der Waals surface area (Å²) < 4.78 is 41.5. The van der Waals surface area contributed by atoms with Crippen LogP contribution in [-0.4, -0.2) is 30.6 Å². The number of aliphatic hydroxyl groups is 1. The zero-order valence-corrected chi connectivity index (χ0v) is 22.3. The number of aliphatic carboxylic acids is 1. The molecule has 0 saturated heterocycles. The number of aromatic nitrogens is 3. The van der Waals surface area contributed by atoms with Crippen LogP contribution in [0.15, 0.2) is 60.9 Å². The molecular formula is C29H31F3N4O3. The summed E-state index contributed by atoms with van der Waals surface area (Å²) in [5.74, 6) is -0.0724. The Balaban J connectivity index is 1.78. The molecule has 0 aliphatic heterocycles. The maximum atomic E-state index is 13.2. The monoisotopic (exact) mass is 540 g/mol. The number of anilines is 1. The van der Waals surface area contributed by atoms with Gasteiger partial charge in [-0.25, -0.2) is 9.97 Å². The van der Waals surface area contributed by atoms with Crippen molar-refractivity contribution >= 4 is 17.3 Å². The number of fused-ring (bicyclic) bond motifs is 1. The molecule has 10 heteroatoms. The molecule has 0 unspecified atom stereocenters. The van der Waals surface area contributed by atoms with E-state index in [1.807, 2.05) is 18.2 Å². The third-order valence-electron chi connectivity index (χ3n) is 7.12. The molecule has 4 rings (SSSR count). The van der Waals surface area contributed by atoms with Crippen LogP contribution in [0.3, 0.4) is 0 Å². The van der Waals surface area contributed by atoms with Gasteiger partial charge in [0.1, 0.15) is 28.5 Å². The smallest absolute Gasteiger partial charge is 0.416 e. The van der Waals surface area contributed by atoms with Crippen molar-refractivity contribution in [1.82, 2.24) is 14.4 Å². The molecule has 7 nitrogen and oxygen atoms in total. The van der Waals surface area contributed by atoms with Crippen molar-refractivity contribution in [2.24, 2.45) is 5.41 Å². The lowest BCUT2D eigenvalue weighted by atomic mass is 9.74. The molecule has 0 radical (unpaired) electrons. The maximum absolute atomic E-state index is 13.2. The molecule has 0 saturated carbocycles. The molecule has 1 atom stereocenters. The highest BCUT2D eigenvalue weighted by atomic mass is 19.4. The molecule has 2 aromatic heterocycles. The van der Waals surface area contributed by atoms with Crippen molar-refractivity contribution in [3.8, 4) is 11.3 Å². The Bertz CT molecular complexity index is 1540. The Morgan fingerprint density at radius 3 is 2.18 bits per heavy atom. The number of nitrogens with zero attached hydrogens (tertiary/aromatic N) is 3. The molecule has 39 heavy (non-hydrogen) atoms. The molecule has 2 aromatic carbocycles. The summed E-state index contributed by atoms with van der Waals surface area (Å²) in [6, 6.07) is 11.3. The number of nitrogens with two attached hydrogens (primary N) is 1. The normalized spacial score (nSPS) is 14.4. The first kappa shape index (κ1) is 28.1. The average molecular weight is 541 g/mol. The highest BCUT2D eigenvalue weighted by Crippen LogP contribution is 2.40. The van der Waals surface area contributed by atoms with Gasteiger partial charge in [-0.3, -0.25) is 9.20 Å². The predicted molar refractivity (Wildman–Crippen MR) is 142 cm³/mol. The van der Waals surface area contributed by atoms with E-state index in [1.165, 1.54) is 19.1 Å². The van der Waals surface area contributed by atoms with Crippen LogP contribution in [0.25, 0.3) is 16.8 Å². The number of rotatable bonds is 7. The first-order valence-corrected chi connectivity index (χ1v) is 12.3. The van der Waals surface area contributed by atoms with Gasteiger partial charge in [-0.1, -0.05) is 50.2 Å². The van der Waals surface area contributed by atoms with E-state index in [0.29, 0.717) is 34.6 Å². The second-order valence-corrected chi connectivity index (χ2v) is 11.3. The number of halogens is 3. The fourth-order valence-corrected chi connectivity index (χ4v) is 5.12. The van der Waals surface area contributed by atoms with Gasteiger partial charge in [0, 0.05) is 23.4 Å². The Morgan fingerprint density at radius 2 is 1.59 bits per heavy atom. The molecule has 0 amide bonds. The van der Waals surface area contributed by atoms with E-state index in [4.69, 9.17) is 10.7 Å². The molecule has 0 spiro atoms. The van der Waals surface area contributed by atoms with Crippen molar-refractivity contribution in [2.75, 3.05) is 5.73 Å². The maximum Gasteiger partial charge on any atom is 0.416 e. The number of hydrogen-bond acceptors (Lipinski definition) is 5. The van der Waals surface area contributed by atoms with Crippen molar-refractivity contribution in [3.63, 3.8) is 0 Å². The number of hydrogen-bond donors (Lipinski definition) is 3. The molecule has 0 aliphatic rings. The van der Waals surface area contributed by atoms with Crippen LogP contribution in [0.4, 0.5) is 19.0 Å². The summed E-state index contributed by atoms with van der Waals surface area (Å²) in [5.41, 5.74) is 4.26. The lowest BCUT2D eigenvalue weighted by Gasteiger charge is -2.31. The zero-order chi connectivity index (χ0) is 29.0. The second kappa shape index (κ2) is 9.37. The van der Waals surface area contributed by atoms with E-state index in [1.54, 1.807) is 50.5 Å². The van der Waals surface area contributed by atoms with Gasteiger partial charge >= 0.3 is 12.1 Å². The topological polar surface area (TPSA) is 114 Å². The summed E-state index contributed by atoms with van der Waals surface area (Å²) in [6.07, 6.45) is -0.961. The van der Waals surface area contributed by atoms with Gasteiger partial charge in [-0.05, 0) is 50.5 Å². The number of imidazole rings is 1. The second-order valence-electron chi connectivity index (χ2n) is 11.3. The van der Waals surface area contributed by atoms with Crippen molar-refractivity contribution in [3.05, 3.63) is 83.4 Å². The lowest BCUT2D eigenvalue weighted by Crippen LogP contribution is -2.34. The fraction of sp³-hybridized carbons (Fsp3) is 0.345. The molecule has 2 heterocycles. The van der Waals surface area contributed by atoms with Crippen LogP contribution in [0.2, 0.25) is 0 Å². The Morgan fingerprint density at radius 1 is 0.974 bits per heavy atom. The molecule has 0 fully saturated rings. The Hall–Kier alpha value is -3.92. The van der Waals surface area contributed by atoms with Crippen molar-refractivity contribution < 1.29 is 28.2 Å². The number of benzene rings is 2. The number of alkyl halides is 3. The van der Waals surface area contributed by atoms with Gasteiger partial charge in [0.25, 0.3) is 0 Å². The van der Waals surface area contributed by atoms with Crippen LogP contribution in [0.1, 0.15) is 63.6 Å². The third kappa shape index (κ3) is 5.21. The number of carboxylic acid groups (broad SMARTS) is 1. The summed E-state index contributed by atoms with van der Waals surface area (Å²) in [6.45, 7) is 8.61. The quantitative estimate of drug-likeness (QED) is 0.264. The highest BCUT2D eigenvalue weighted by Gasteiger charge is 2.39. The summed E-state index contributed by atoms with van der Waals surface area (Å²) >= 11 is 0. The van der Waals surface area contributed by atoms with Crippen LogP contribution in [0.5, 0.6) is 0 Å². The Kier molecular flexibility index (Phi) is 6.75. The molecule has 4 N–H and O–H groups in total. The van der Waals surface area contributed by atoms with Crippen LogP contribution in [0, 0.1) is 5.41 Å². The Labute approximate surface area is 224 Å². The predicted octanol–water partition coefficient (Wildman–Crippen LogP) is 6.03. The highest BCUT2D eigenvalue weighted by molar-refractivity contribution is 5.85. The van der Waals surface area contributed by atoms with E-state index in [-0.39, 0.29) is 11.4 Å². The standard InChI is InChI=1S/C29H31F3N4O3/c1-26(2,16-27(3,4)25(37)38)24-35-21(22-23(33)34-13-14-36(22)24)17-9-11-18(12-10-17)28(5,39)19-7-6-8-20(15-19)29(30,31)32/h6-15,39H,16H2,1-5H3,(H2,33,34)(H,37,38)/t28-/m1/s1. The van der Waals surface area contributed by atoms with Crippen molar-refractivity contribution in [1.29, 1.82) is 0 Å². The van der Waals surface area contributed by atoms with Gasteiger partial charge < -0.3 is 15.9 Å². The molecule has 0 bridgehead atoms. The summed E-state index contributed by atoms with van der Waals surface area (Å²) in [7, 11) is 0. The minimum absolute atomic E-state index is 0.107. The molecular weight excluding hydrogens is 509 g/mol. The summed E-state index contributed by atoms with van der Waals surface area (Å²) in [4.78, 5) is 20.9. The number of carbonyl (C=O) groups is 1. The molecule has 4 aromatic rings. The first-order valence-electron chi connectivity index (χ1n) is 12.3. The van der Waals surface area contributed by atoms with E-state index in [2.05, 4.69) is 4.98 Å². The molecule has 206 valence electrons. The van der Waals surface area contributed by atoms with E-state index < -0.39 is 34.1 Å². The molecule has 0 aliphatic carbocycles. The van der Waals surface area contributed by atoms with Gasteiger partial charge in [0.05, 0.1) is 11.0 Å². The van der Waals surface area contributed by atoms with E-state index in [9.17, 15) is 28.2 Å². The van der Waals surface area contributed by atoms with Gasteiger partial charge in [-0.2, -0.15) is 13.2 Å². The summed E-state index contributed by atoms with van der Waals surface area (Å²) in [5, 5.41) is 20.9. The van der Waals surface area contributed by atoms with Crippen molar-refractivity contribution in [2.45, 2.75) is 58.2 Å². The van der Waals surface area contributed by atoms with Gasteiger partial charge in [-0.15, -0.1) is 0 Å². The first-order chi connectivity index (χ1) is 17.9. The van der Waals surface area contributed by atoms with Crippen LogP contribution >= 0.6 is 0 Å². The van der Waals surface area contributed by atoms with E-state index >= 15 is 0 Å². The van der Waals surface area contributed by atoms with Gasteiger partial charge in [0.2, 0.25) is 0 Å².